The van der Waals surface area contributed by atoms with Crippen molar-refractivity contribution >= 4 is 17.3 Å². The Hall–Kier alpha value is -2.75. The van der Waals surface area contributed by atoms with Crippen molar-refractivity contribution in [2.24, 2.45) is 0 Å². The number of anilines is 2. The van der Waals surface area contributed by atoms with Crippen LogP contribution in [0.2, 0.25) is 0 Å². The van der Waals surface area contributed by atoms with Crippen LogP contribution in [0.3, 0.4) is 0 Å². The lowest BCUT2D eigenvalue weighted by molar-refractivity contribution is -0.143. The van der Waals surface area contributed by atoms with Gasteiger partial charge in [0.05, 0.1) is 11.1 Å². The van der Waals surface area contributed by atoms with E-state index in [0.29, 0.717) is 25.1 Å². The van der Waals surface area contributed by atoms with E-state index in [0.717, 1.165) is 11.3 Å². The van der Waals surface area contributed by atoms with Crippen molar-refractivity contribution in [1.29, 1.82) is 0 Å². The molecule has 2 aromatic rings. The molecule has 10 heteroatoms. The number of hydrogen-bond acceptors (Lipinski definition) is 3. The molecule has 0 unspecified atom stereocenters. The Balaban J connectivity index is 1.66. The molecule has 0 aromatic heterocycles. The van der Waals surface area contributed by atoms with Gasteiger partial charge in [0.15, 0.2) is 0 Å². The number of halogens is 6. The highest BCUT2D eigenvalue weighted by Gasteiger charge is 2.51. The van der Waals surface area contributed by atoms with Crippen LogP contribution in [0.15, 0.2) is 42.5 Å². The molecule has 0 atom stereocenters. The number of carbonyl (C=O) groups excluding carboxylic acids is 1. The number of benzene rings is 2. The van der Waals surface area contributed by atoms with Gasteiger partial charge < -0.3 is 15.5 Å². The number of rotatable bonds is 3. The summed E-state index contributed by atoms with van der Waals surface area (Å²) >= 11 is 0. The Morgan fingerprint density at radius 2 is 1.57 bits per heavy atom. The summed E-state index contributed by atoms with van der Waals surface area (Å²) in [5.41, 5.74) is -2.69. The van der Waals surface area contributed by atoms with E-state index in [2.05, 4.69) is 10.6 Å². The van der Waals surface area contributed by atoms with Crippen molar-refractivity contribution in [2.75, 3.05) is 29.9 Å². The van der Waals surface area contributed by atoms with Crippen LogP contribution in [0.25, 0.3) is 0 Å². The first kappa shape index (κ1) is 20.5. The standard InChI is InChI=1S/C20H17F6N3O/c21-19(22,23)13-7-14(20(24,25)26)9-15(8-13)28-17(30)18(10-27-11-18)29-6-5-12-3-1-2-4-16(12)29/h1-4,7-9,27H,5-6,10-11H2,(H,28,30). The van der Waals surface area contributed by atoms with Crippen molar-refractivity contribution in [3.8, 4) is 0 Å². The fraction of sp³-hybridized carbons (Fsp3) is 0.350. The van der Waals surface area contributed by atoms with Gasteiger partial charge in [-0.15, -0.1) is 0 Å². The van der Waals surface area contributed by atoms with Crippen molar-refractivity contribution in [3.05, 3.63) is 59.2 Å². The molecule has 1 saturated heterocycles. The van der Waals surface area contributed by atoms with Crippen LogP contribution >= 0.6 is 0 Å². The van der Waals surface area contributed by atoms with Crippen LogP contribution in [0.4, 0.5) is 37.7 Å². The fourth-order valence-corrected chi connectivity index (χ4v) is 3.89. The lowest BCUT2D eigenvalue weighted by Gasteiger charge is -2.48. The number of fused-ring (bicyclic) bond motifs is 1. The molecule has 0 radical (unpaired) electrons. The number of amides is 1. The number of carbonyl (C=O) groups is 1. The van der Waals surface area contributed by atoms with Gasteiger partial charge in [-0.1, -0.05) is 18.2 Å². The molecular weight excluding hydrogens is 412 g/mol. The normalized spacial score (nSPS) is 18.0. The Morgan fingerprint density at radius 3 is 2.10 bits per heavy atom. The lowest BCUT2D eigenvalue weighted by Crippen LogP contribution is -2.74. The number of nitrogens with one attached hydrogen (secondary N) is 2. The van der Waals surface area contributed by atoms with E-state index in [-0.39, 0.29) is 19.2 Å². The zero-order valence-electron chi connectivity index (χ0n) is 15.5. The summed E-state index contributed by atoms with van der Waals surface area (Å²) in [6.45, 7) is 1.00. The summed E-state index contributed by atoms with van der Waals surface area (Å²) in [7, 11) is 0. The van der Waals surface area contributed by atoms with Crippen molar-refractivity contribution < 1.29 is 31.1 Å². The third-order valence-corrected chi connectivity index (χ3v) is 5.51. The van der Waals surface area contributed by atoms with Gasteiger partial charge in [-0.3, -0.25) is 4.79 Å². The number of nitrogens with zero attached hydrogens (tertiary/aromatic N) is 1. The predicted molar refractivity (Wildman–Crippen MR) is 98.2 cm³/mol. The second kappa shape index (κ2) is 6.90. The van der Waals surface area contributed by atoms with E-state index in [1.165, 1.54) is 0 Å². The second-order valence-electron chi connectivity index (χ2n) is 7.41. The van der Waals surface area contributed by atoms with Crippen LogP contribution < -0.4 is 15.5 Å². The minimum atomic E-state index is -4.98. The highest BCUT2D eigenvalue weighted by Crippen LogP contribution is 2.39. The monoisotopic (exact) mass is 429 g/mol. The maximum Gasteiger partial charge on any atom is 0.416 e. The largest absolute Gasteiger partial charge is 0.416 e. The van der Waals surface area contributed by atoms with Crippen LogP contribution in [0.5, 0.6) is 0 Å². The van der Waals surface area contributed by atoms with Crippen molar-refractivity contribution in [2.45, 2.75) is 24.3 Å². The first-order valence-electron chi connectivity index (χ1n) is 9.18. The van der Waals surface area contributed by atoms with Gasteiger partial charge in [0.25, 0.3) is 5.91 Å². The van der Waals surface area contributed by atoms with E-state index in [9.17, 15) is 31.1 Å². The topological polar surface area (TPSA) is 44.4 Å². The molecule has 0 spiro atoms. The average Bonchev–Trinajstić information content (AvgIpc) is 3.03. The second-order valence-corrected chi connectivity index (χ2v) is 7.41. The maximum atomic E-state index is 13.1. The van der Waals surface area contributed by atoms with Gasteiger partial charge in [-0.2, -0.15) is 26.3 Å². The maximum absolute atomic E-state index is 13.1. The molecule has 2 N–H and O–H groups in total. The molecular formula is C20H17F6N3O. The molecule has 0 saturated carbocycles. The van der Waals surface area contributed by atoms with Crippen LogP contribution in [-0.2, 0) is 23.6 Å². The molecule has 2 aliphatic rings. The van der Waals surface area contributed by atoms with Crippen molar-refractivity contribution in [1.82, 2.24) is 5.32 Å². The van der Waals surface area contributed by atoms with Gasteiger partial charge in [-0.25, -0.2) is 0 Å². The molecule has 160 valence electrons. The zero-order chi connectivity index (χ0) is 21.7. The summed E-state index contributed by atoms with van der Waals surface area (Å²) in [4.78, 5) is 14.9. The quantitative estimate of drug-likeness (QED) is 0.724. The van der Waals surface area contributed by atoms with Crippen LogP contribution in [0.1, 0.15) is 16.7 Å². The molecule has 2 aliphatic heterocycles. The van der Waals surface area contributed by atoms with Crippen LogP contribution in [-0.4, -0.2) is 31.1 Å². The Morgan fingerprint density at radius 1 is 0.967 bits per heavy atom. The van der Waals surface area contributed by atoms with E-state index >= 15 is 0 Å². The summed E-state index contributed by atoms with van der Waals surface area (Å²) < 4.78 is 78.6. The lowest BCUT2D eigenvalue weighted by atomic mass is 9.88. The Bertz CT molecular complexity index is 949. The fourth-order valence-electron chi connectivity index (χ4n) is 3.89. The van der Waals surface area contributed by atoms with Gasteiger partial charge in [0.2, 0.25) is 0 Å². The summed E-state index contributed by atoms with van der Waals surface area (Å²) in [5, 5.41) is 5.28. The smallest absolute Gasteiger partial charge is 0.354 e. The van der Waals surface area contributed by atoms with E-state index in [1.54, 1.807) is 0 Å². The molecule has 4 rings (SSSR count). The SMILES string of the molecule is O=C(Nc1cc(C(F)(F)F)cc(C(F)(F)F)c1)C1(N2CCc3ccccc32)CNC1. The average molecular weight is 429 g/mol. The molecule has 0 aliphatic carbocycles. The molecule has 1 fully saturated rings. The van der Waals surface area contributed by atoms with Gasteiger partial charge in [0, 0.05) is 31.0 Å². The highest BCUT2D eigenvalue weighted by molar-refractivity contribution is 6.02. The zero-order valence-corrected chi connectivity index (χ0v) is 15.5. The first-order valence-corrected chi connectivity index (χ1v) is 9.18. The van der Waals surface area contributed by atoms with Crippen LogP contribution in [0, 0.1) is 0 Å². The summed E-state index contributed by atoms with van der Waals surface area (Å²) in [5.74, 6) is -0.648. The van der Waals surface area contributed by atoms with E-state index in [1.807, 2.05) is 29.2 Å². The molecule has 0 bridgehead atoms. The van der Waals surface area contributed by atoms with Gasteiger partial charge >= 0.3 is 12.4 Å². The predicted octanol–water partition coefficient (Wildman–Crippen LogP) is 4.07. The third kappa shape index (κ3) is 3.49. The van der Waals surface area contributed by atoms with Crippen molar-refractivity contribution in [3.63, 3.8) is 0 Å². The summed E-state index contributed by atoms with van der Waals surface area (Å²) in [6.07, 6.45) is -9.26. The summed E-state index contributed by atoms with van der Waals surface area (Å²) in [6, 6.07) is 8.53. The highest BCUT2D eigenvalue weighted by atomic mass is 19.4. The molecule has 2 aromatic carbocycles. The number of para-hydroxylation sites is 1. The molecule has 2 heterocycles. The first-order chi connectivity index (χ1) is 14.0. The number of alkyl halides is 6. The minimum absolute atomic E-state index is 0.0348. The Labute approximate surface area is 167 Å². The minimum Gasteiger partial charge on any atom is -0.354 e. The Kier molecular flexibility index (Phi) is 4.72. The number of hydrogen-bond donors (Lipinski definition) is 2. The third-order valence-electron chi connectivity index (χ3n) is 5.51. The van der Waals surface area contributed by atoms with E-state index < -0.39 is 40.6 Å². The molecule has 30 heavy (non-hydrogen) atoms. The van der Waals surface area contributed by atoms with Gasteiger partial charge in [0.1, 0.15) is 5.54 Å². The van der Waals surface area contributed by atoms with Gasteiger partial charge in [-0.05, 0) is 36.2 Å². The molecule has 1 amide bonds. The van der Waals surface area contributed by atoms with E-state index in [4.69, 9.17) is 0 Å². The molecule has 4 nitrogen and oxygen atoms in total.